The minimum Gasteiger partial charge on any atom is -0.508 e. The van der Waals surface area contributed by atoms with Gasteiger partial charge in [-0.15, -0.1) is 0 Å². The number of likely N-dealkylation sites (tertiary alicyclic amines) is 1. The molecular formula is C25H22ClNO5. The Morgan fingerprint density at radius 3 is 2.59 bits per heavy atom. The summed E-state index contributed by atoms with van der Waals surface area (Å²) in [4.78, 5) is 53.6. The number of ketones is 2. The summed E-state index contributed by atoms with van der Waals surface area (Å²) < 4.78 is 0. The molecule has 4 atom stereocenters. The van der Waals surface area contributed by atoms with Crippen LogP contribution < -0.4 is 0 Å². The summed E-state index contributed by atoms with van der Waals surface area (Å²) in [6.07, 6.45) is 3.88. The number of carbonyl (C=O) groups excluding carboxylic acids is 4. The third-order valence-corrected chi connectivity index (χ3v) is 7.51. The summed E-state index contributed by atoms with van der Waals surface area (Å²) in [6.45, 7) is 3.68. The number of allylic oxidation sites excluding steroid dienone is 6. The fourth-order valence-electron chi connectivity index (χ4n) is 5.87. The van der Waals surface area contributed by atoms with Crippen LogP contribution in [-0.4, -0.2) is 39.9 Å². The molecule has 3 aliphatic carbocycles. The quantitative estimate of drug-likeness (QED) is 0.422. The van der Waals surface area contributed by atoms with Crippen molar-refractivity contribution in [3.8, 4) is 5.75 Å². The van der Waals surface area contributed by atoms with Gasteiger partial charge in [-0.1, -0.05) is 23.3 Å². The number of benzene rings is 1. The molecule has 4 aliphatic rings. The maximum Gasteiger partial charge on any atom is 0.233 e. The van der Waals surface area contributed by atoms with Crippen molar-refractivity contribution in [2.75, 3.05) is 6.54 Å². The van der Waals surface area contributed by atoms with E-state index in [9.17, 15) is 24.3 Å². The van der Waals surface area contributed by atoms with Crippen LogP contribution in [0.5, 0.6) is 5.75 Å². The van der Waals surface area contributed by atoms with Crippen LogP contribution in [0.1, 0.15) is 38.2 Å². The molecule has 1 saturated heterocycles. The molecule has 1 aromatic carbocycles. The van der Waals surface area contributed by atoms with Gasteiger partial charge in [-0.05, 0) is 56.9 Å². The van der Waals surface area contributed by atoms with Crippen LogP contribution >= 0.6 is 11.6 Å². The normalized spacial score (nSPS) is 29.5. The smallest absolute Gasteiger partial charge is 0.233 e. The van der Waals surface area contributed by atoms with Crippen LogP contribution in [0.3, 0.4) is 0 Å². The van der Waals surface area contributed by atoms with Crippen LogP contribution in [0.2, 0.25) is 5.02 Å². The number of amides is 2. The molecular weight excluding hydrogens is 430 g/mol. The van der Waals surface area contributed by atoms with Gasteiger partial charge < -0.3 is 5.11 Å². The molecule has 0 radical (unpaired) electrons. The molecule has 0 spiro atoms. The number of fused-ring (bicyclic) bond motifs is 3. The number of carbonyl (C=O) groups is 4. The second-order valence-electron chi connectivity index (χ2n) is 8.85. The Balaban J connectivity index is 1.73. The average molecular weight is 452 g/mol. The first-order chi connectivity index (χ1) is 15.2. The van der Waals surface area contributed by atoms with E-state index in [1.165, 1.54) is 17.0 Å². The number of imide groups is 1. The van der Waals surface area contributed by atoms with Crippen LogP contribution in [0, 0.1) is 17.8 Å². The molecule has 1 fully saturated rings. The van der Waals surface area contributed by atoms with Gasteiger partial charge in [0, 0.05) is 39.8 Å². The molecule has 0 aromatic heterocycles. The number of phenols is 1. The van der Waals surface area contributed by atoms with Crippen LogP contribution in [0.25, 0.3) is 0 Å². The minimum atomic E-state index is -0.692. The van der Waals surface area contributed by atoms with Crippen LogP contribution in [0.15, 0.2) is 52.6 Å². The summed E-state index contributed by atoms with van der Waals surface area (Å²) in [6, 6.07) is 4.62. The SMILES string of the molecule is CCN1C(=O)[C@H]2[C@H](CC=C3[C@H](c4cc(Cl)ccc4O)C4=C(C[C@H]32)C(=O)C(C)=CC4=O)C1=O. The molecule has 1 N–H and O–H groups in total. The largest absolute Gasteiger partial charge is 0.508 e. The lowest BCUT2D eigenvalue weighted by Crippen LogP contribution is -2.39. The number of halogens is 1. The number of aromatic hydroxyl groups is 1. The number of hydrogen-bond donors (Lipinski definition) is 1. The van der Waals surface area contributed by atoms with E-state index in [4.69, 9.17) is 11.6 Å². The van der Waals surface area contributed by atoms with Crippen molar-refractivity contribution in [2.24, 2.45) is 17.8 Å². The van der Waals surface area contributed by atoms with Gasteiger partial charge in [-0.3, -0.25) is 24.1 Å². The fourth-order valence-corrected chi connectivity index (χ4v) is 6.05. The molecule has 0 bridgehead atoms. The zero-order valence-corrected chi connectivity index (χ0v) is 18.5. The first-order valence-corrected chi connectivity index (χ1v) is 11.2. The molecule has 164 valence electrons. The van der Waals surface area contributed by atoms with Gasteiger partial charge in [0.15, 0.2) is 11.6 Å². The lowest BCUT2D eigenvalue weighted by molar-refractivity contribution is -0.139. The maximum atomic E-state index is 13.2. The third kappa shape index (κ3) is 2.78. The van der Waals surface area contributed by atoms with Crippen molar-refractivity contribution in [1.82, 2.24) is 4.90 Å². The molecule has 32 heavy (non-hydrogen) atoms. The number of Topliss-reactive ketones (excluding diaryl/α,β-unsaturated/α-hetero) is 1. The van der Waals surface area contributed by atoms with Crippen LogP contribution in [0.4, 0.5) is 0 Å². The molecule has 6 nitrogen and oxygen atoms in total. The first-order valence-electron chi connectivity index (χ1n) is 10.8. The van der Waals surface area contributed by atoms with Gasteiger partial charge in [0.25, 0.3) is 0 Å². The van der Waals surface area contributed by atoms with Gasteiger partial charge in [0.2, 0.25) is 11.8 Å². The molecule has 5 rings (SSSR count). The predicted molar refractivity (Wildman–Crippen MR) is 117 cm³/mol. The summed E-state index contributed by atoms with van der Waals surface area (Å²) >= 11 is 6.23. The number of hydrogen-bond acceptors (Lipinski definition) is 5. The summed E-state index contributed by atoms with van der Waals surface area (Å²) in [5.74, 6) is -3.06. The van der Waals surface area contributed by atoms with Crippen molar-refractivity contribution in [1.29, 1.82) is 0 Å². The van der Waals surface area contributed by atoms with E-state index in [1.807, 2.05) is 6.08 Å². The second-order valence-corrected chi connectivity index (χ2v) is 9.29. The molecule has 7 heteroatoms. The van der Waals surface area contributed by atoms with Gasteiger partial charge in [0.05, 0.1) is 11.8 Å². The summed E-state index contributed by atoms with van der Waals surface area (Å²) in [7, 11) is 0. The van der Waals surface area contributed by atoms with E-state index in [0.717, 1.165) is 5.57 Å². The summed E-state index contributed by atoms with van der Waals surface area (Å²) in [5, 5.41) is 11.1. The Labute approximate surface area is 190 Å². The fraction of sp³-hybridized carbons (Fsp3) is 0.360. The van der Waals surface area contributed by atoms with E-state index < -0.39 is 23.7 Å². The molecule has 1 heterocycles. The number of rotatable bonds is 2. The highest BCUT2D eigenvalue weighted by Crippen LogP contribution is 2.56. The van der Waals surface area contributed by atoms with Crippen LogP contribution in [-0.2, 0) is 19.2 Å². The van der Waals surface area contributed by atoms with Crippen molar-refractivity contribution >= 4 is 35.0 Å². The molecule has 1 aromatic rings. The van der Waals surface area contributed by atoms with Crippen molar-refractivity contribution in [2.45, 2.75) is 32.6 Å². The Morgan fingerprint density at radius 2 is 1.88 bits per heavy atom. The minimum absolute atomic E-state index is 0.0366. The van der Waals surface area contributed by atoms with E-state index in [-0.39, 0.29) is 35.6 Å². The Morgan fingerprint density at radius 1 is 1.12 bits per heavy atom. The standard InChI is InChI=1S/C25H22ClNO5/c1-3-27-24(31)14-6-5-13-15(21(14)25(27)32)10-17-22(19(29)8-11(2)23(17)30)20(13)16-9-12(26)4-7-18(16)28/h4-5,7-9,14-15,20-21,28H,3,6,10H2,1-2H3/t14-,15+,20+,21-/m0/s1. The molecule has 1 aliphatic heterocycles. The lowest BCUT2D eigenvalue weighted by atomic mass is 9.59. The van der Waals surface area contributed by atoms with Crippen molar-refractivity contribution < 1.29 is 24.3 Å². The zero-order chi connectivity index (χ0) is 22.9. The van der Waals surface area contributed by atoms with E-state index in [0.29, 0.717) is 40.3 Å². The average Bonchev–Trinajstić information content (AvgIpc) is 3.02. The highest BCUT2D eigenvalue weighted by molar-refractivity contribution is 6.30. The Bertz CT molecular complexity index is 1210. The Kier molecular flexibility index (Phi) is 4.75. The van der Waals surface area contributed by atoms with E-state index >= 15 is 0 Å². The molecule has 2 amide bonds. The highest BCUT2D eigenvalue weighted by Gasteiger charge is 2.56. The Hall–Kier alpha value is -2.99. The van der Waals surface area contributed by atoms with Crippen molar-refractivity contribution in [3.63, 3.8) is 0 Å². The van der Waals surface area contributed by atoms with E-state index in [1.54, 1.807) is 26.0 Å². The maximum absolute atomic E-state index is 13.2. The van der Waals surface area contributed by atoms with Gasteiger partial charge in [-0.25, -0.2) is 0 Å². The lowest BCUT2D eigenvalue weighted by Gasteiger charge is -2.42. The van der Waals surface area contributed by atoms with Gasteiger partial charge >= 0.3 is 0 Å². The second kappa shape index (κ2) is 7.27. The van der Waals surface area contributed by atoms with Gasteiger partial charge in [0.1, 0.15) is 5.75 Å². The highest BCUT2D eigenvalue weighted by atomic mass is 35.5. The topological polar surface area (TPSA) is 91.8 Å². The third-order valence-electron chi connectivity index (χ3n) is 7.27. The predicted octanol–water partition coefficient (Wildman–Crippen LogP) is 3.50. The summed E-state index contributed by atoms with van der Waals surface area (Å²) in [5.41, 5.74) is 2.29. The van der Waals surface area contributed by atoms with Gasteiger partial charge in [-0.2, -0.15) is 0 Å². The zero-order valence-electron chi connectivity index (χ0n) is 17.7. The van der Waals surface area contributed by atoms with E-state index in [2.05, 4.69) is 0 Å². The molecule has 0 unspecified atom stereocenters. The number of nitrogens with zero attached hydrogens (tertiary/aromatic N) is 1. The van der Waals surface area contributed by atoms with Crippen molar-refractivity contribution in [3.05, 3.63) is 63.2 Å². The monoisotopic (exact) mass is 451 g/mol. The number of phenolic OH excluding ortho intramolecular Hbond substituents is 1. The molecule has 0 saturated carbocycles. The first kappa shape index (κ1) is 20.9.